The quantitative estimate of drug-likeness (QED) is 0.0504. The van der Waals surface area contributed by atoms with Crippen LogP contribution in [0, 0.1) is 0 Å². The minimum atomic E-state index is 0.606. The second-order valence-corrected chi connectivity index (χ2v) is 31.3. The van der Waals surface area contributed by atoms with Crippen molar-refractivity contribution in [2.45, 2.75) is 0 Å². The largest absolute Gasteiger partial charge is 0.457 e. The summed E-state index contributed by atoms with van der Waals surface area (Å²) in [6.45, 7) is 0. The van der Waals surface area contributed by atoms with E-state index in [1.807, 2.05) is 30.3 Å². The third kappa shape index (κ3) is 17.0. The first-order valence-corrected chi connectivity index (χ1v) is 43.4. The minimum Gasteiger partial charge on any atom is -0.457 e. The third-order valence-electron chi connectivity index (χ3n) is 23.0. The highest BCUT2D eigenvalue weighted by molar-refractivity contribution is 6.02. The van der Waals surface area contributed by atoms with Crippen LogP contribution in [0.1, 0.15) is 0 Å². The number of anilines is 21. The van der Waals surface area contributed by atoms with Crippen LogP contribution in [-0.4, -0.2) is 0 Å². The number of hydrogen-bond donors (Lipinski definition) is 0. The van der Waals surface area contributed by atoms with Crippen LogP contribution in [0.5, 0.6) is 11.5 Å². The Morgan fingerprint density at radius 1 is 0.117 bits per heavy atom. The fourth-order valence-corrected chi connectivity index (χ4v) is 17.4. The topological polar surface area (TPSA) is 31.9 Å². The molecule has 0 aliphatic heterocycles. The smallest absolute Gasteiger partial charge is 0.131 e. The first-order chi connectivity index (χ1) is 63.5. The Balaban J connectivity index is 0.856. The SMILES string of the molecule is c1ccc(Oc2cc(N(c3ccccc3)c3cccc(N(c4ccccc4)c4cc(N(c5ccccc5)c5ccccc5-c5ccccc5)cc(N(c5ccccc5)c5ccccc5-c5ccccc5)c4)c3)cc(N(c3cc(N(c4ccccc4)c4ccccc4)cc(N(c4ccccc4)c4ccccc4)c3)c3c(-c4ccccc4)cccc3-c3ccccc3)c2)cc1. The van der Waals surface area contributed by atoms with Crippen LogP contribution in [0.15, 0.2) is 540 Å². The van der Waals surface area contributed by atoms with Crippen LogP contribution in [0.2, 0.25) is 0 Å². The van der Waals surface area contributed by atoms with Crippen LogP contribution >= 0.6 is 0 Å². The van der Waals surface area contributed by atoms with Gasteiger partial charge in [-0.25, -0.2) is 0 Å². The maximum absolute atomic E-state index is 7.43. The molecular formula is C120H89N7O. The summed E-state index contributed by atoms with van der Waals surface area (Å²) < 4.78 is 7.43. The zero-order valence-electron chi connectivity index (χ0n) is 70.4. The van der Waals surface area contributed by atoms with Gasteiger partial charge in [0.15, 0.2) is 0 Å². The van der Waals surface area contributed by atoms with E-state index in [9.17, 15) is 0 Å². The summed E-state index contributed by atoms with van der Waals surface area (Å²) in [5, 5.41) is 0. The molecule has 0 unspecified atom stereocenters. The van der Waals surface area contributed by atoms with Crippen LogP contribution in [-0.2, 0) is 0 Å². The van der Waals surface area contributed by atoms with Crippen LogP contribution in [0.25, 0.3) is 44.5 Å². The van der Waals surface area contributed by atoms with Gasteiger partial charge in [0.1, 0.15) is 11.5 Å². The van der Waals surface area contributed by atoms with E-state index in [1.165, 1.54) is 0 Å². The molecule has 0 heterocycles. The van der Waals surface area contributed by atoms with Gasteiger partial charge in [-0.3, -0.25) is 0 Å². The summed E-state index contributed by atoms with van der Waals surface area (Å²) in [7, 11) is 0. The average molecular weight is 1650 g/mol. The van der Waals surface area contributed by atoms with Crippen LogP contribution in [0.4, 0.5) is 119 Å². The van der Waals surface area contributed by atoms with E-state index in [4.69, 9.17) is 4.74 Å². The second kappa shape index (κ2) is 37.2. The summed E-state index contributed by atoms with van der Waals surface area (Å²) in [4.78, 5) is 16.9. The molecule has 0 aliphatic carbocycles. The fourth-order valence-electron chi connectivity index (χ4n) is 17.4. The van der Waals surface area contributed by atoms with Crippen molar-refractivity contribution in [1.82, 2.24) is 0 Å². The van der Waals surface area contributed by atoms with Crippen molar-refractivity contribution in [3.8, 4) is 56.0 Å². The van der Waals surface area contributed by atoms with Gasteiger partial charge in [0, 0.05) is 91.3 Å². The van der Waals surface area contributed by atoms with Crippen molar-refractivity contribution in [3.63, 3.8) is 0 Å². The number of rotatable bonds is 27. The van der Waals surface area contributed by atoms with Crippen molar-refractivity contribution in [3.05, 3.63) is 540 Å². The first-order valence-electron chi connectivity index (χ1n) is 43.4. The molecule has 0 bridgehead atoms. The lowest BCUT2D eigenvalue weighted by Gasteiger charge is -2.35. The first kappa shape index (κ1) is 79.3. The summed E-state index contributed by atoms with van der Waals surface area (Å²) in [5.74, 6) is 1.29. The van der Waals surface area contributed by atoms with Crippen molar-refractivity contribution in [2.24, 2.45) is 0 Å². The maximum atomic E-state index is 7.43. The van der Waals surface area contributed by atoms with Crippen molar-refractivity contribution in [1.29, 1.82) is 0 Å². The number of nitrogens with zero attached hydrogens (tertiary/aromatic N) is 7. The number of benzene rings is 20. The van der Waals surface area contributed by atoms with Crippen molar-refractivity contribution >= 4 is 119 Å². The zero-order chi connectivity index (χ0) is 85.6. The normalized spacial score (nSPS) is 11.0. The number of para-hydroxylation sites is 12. The van der Waals surface area contributed by atoms with Crippen molar-refractivity contribution in [2.75, 3.05) is 34.3 Å². The Hall–Kier alpha value is -17.2. The van der Waals surface area contributed by atoms with Gasteiger partial charge in [-0.1, -0.05) is 346 Å². The van der Waals surface area contributed by atoms with Gasteiger partial charge in [-0.15, -0.1) is 0 Å². The van der Waals surface area contributed by atoms with Gasteiger partial charge < -0.3 is 39.0 Å². The van der Waals surface area contributed by atoms with Crippen molar-refractivity contribution < 1.29 is 4.74 Å². The fraction of sp³-hybridized carbons (Fsp3) is 0. The molecule has 20 rings (SSSR count). The van der Waals surface area contributed by atoms with E-state index in [0.717, 1.165) is 164 Å². The average Bonchev–Trinajstić information content (AvgIpc) is 0.746. The Labute approximate surface area is 749 Å². The lowest BCUT2D eigenvalue weighted by atomic mass is 9.94. The van der Waals surface area contributed by atoms with E-state index >= 15 is 0 Å². The Morgan fingerprint density at radius 2 is 0.305 bits per heavy atom. The molecule has 8 nitrogen and oxygen atoms in total. The van der Waals surface area contributed by atoms with Crippen LogP contribution < -0.4 is 39.0 Å². The maximum Gasteiger partial charge on any atom is 0.131 e. The lowest BCUT2D eigenvalue weighted by molar-refractivity contribution is 0.483. The molecule has 0 saturated heterocycles. The highest BCUT2D eigenvalue weighted by Crippen LogP contribution is 2.55. The monoisotopic (exact) mass is 1640 g/mol. The molecule has 0 spiro atoms. The molecule has 20 aromatic carbocycles. The summed E-state index contributed by atoms with van der Waals surface area (Å²) >= 11 is 0. The Bertz CT molecular complexity index is 6700. The highest BCUT2D eigenvalue weighted by atomic mass is 16.5. The van der Waals surface area contributed by atoms with Crippen LogP contribution in [0.3, 0.4) is 0 Å². The molecule has 128 heavy (non-hydrogen) atoms. The summed E-state index contributed by atoms with van der Waals surface area (Å²) in [5.41, 5.74) is 28.2. The van der Waals surface area contributed by atoms with Gasteiger partial charge in [0.25, 0.3) is 0 Å². The highest BCUT2D eigenvalue weighted by Gasteiger charge is 2.31. The molecule has 0 atom stereocenters. The molecular weight excluding hydrogens is 1560 g/mol. The molecule has 0 aliphatic rings. The lowest BCUT2D eigenvalue weighted by Crippen LogP contribution is -2.18. The molecule has 20 aromatic rings. The predicted octanol–water partition coefficient (Wildman–Crippen LogP) is 34.4. The molecule has 610 valence electrons. The van der Waals surface area contributed by atoms with Gasteiger partial charge in [0.05, 0.1) is 62.6 Å². The standard InChI is InChI=1S/C120H89N7O/c1-14-46-90(47-15-1)114-74-40-42-78-118(114)125(100-66-34-11-35-67-100)107-82-106(83-108(86-107)126(101-68-36-12-37-69-101)119-79-43-41-75-115(119)91-48-16-2-17-49-91)123(98-62-30-9-31-63-98)102-70-44-71-103(80-102)124(99-64-32-10-33-65-99)110-87-111(89-113(88-110)128-112-72-38-13-39-73-112)127(120-116(92-50-18-3-19-51-92)76-45-77-117(120)93-52-20-4-21-53-93)109-84-104(121(94-54-22-5-23-55-94)95-56-24-6-25-57-95)81-105(85-109)122(96-58-26-7-27-59-96)97-60-28-8-29-61-97/h1-89H. The van der Waals surface area contributed by atoms with E-state index in [-0.39, 0.29) is 0 Å². The van der Waals surface area contributed by atoms with Gasteiger partial charge >= 0.3 is 0 Å². The zero-order valence-corrected chi connectivity index (χ0v) is 70.4. The predicted molar refractivity (Wildman–Crippen MR) is 537 cm³/mol. The molecule has 0 fully saturated rings. The van der Waals surface area contributed by atoms with E-state index < -0.39 is 0 Å². The van der Waals surface area contributed by atoms with Gasteiger partial charge in [0.2, 0.25) is 0 Å². The second-order valence-electron chi connectivity index (χ2n) is 31.3. The van der Waals surface area contributed by atoms with Gasteiger partial charge in [-0.2, -0.15) is 0 Å². The number of hydrogen-bond acceptors (Lipinski definition) is 8. The minimum absolute atomic E-state index is 0.606. The van der Waals surface area contributed by atoms with Gasteiger partial charge in [-0.05, 0) is 204 Å². The van der Waals surface area contributed by atoms with E-state index in [1.54, 1.807) is 0 Å². The molecule has 0 amide bonds. The third-order valence-corrected chi connectivity index (χ3v) is 23.0. The Morgan fingerprint density at radius 3 is 0.609 bits per heavy atom. The number of ether oxygens (including phenoxy) is 1. The summed E-state index contributed by atoms with van der Waals surface area (Å²) in [6.07, 6.45) is 0. The molecule has 8 heteroatoms. The van der Waals surface area contributed by atoms with E-state index in [2.05, 4.69) is 544 Å². The molecule has 0 N–H and O–H groups in total. The molecule has 0 radical (unpaired) electrons. The molecule has 0 aromatic heterocycles. The summed E-state index contributed by atoms with van der Waals surface area (Å²) in [6, 6.07) is 193. The van der Waals surface area contributed by atoms with E-state index in [0.29, 0.717) is 11.5 Å². The Kier molecular flexibility index (Phi) is 23.1. The molecule has 0 saturated carbocycles.